The van der Waals surface area contributed by atoms with E-state index in [9.17, 15) is 0 Å². The molecule has 132 valence electrons. The van der Waals surface area contributed by atoms with E-state index in [1.807, 2.05) is 25.3 Å². The van der Waals surface area contributed by atoms with Gasteiger partial charge in [-0.2, -0.15) is 0 Å². The molecule has 0 amide bonds. The zero-order valence-corrected chi connectivity index (χ0v) is 16.5. The first-order valence-electron chi connectivity index (χ1n) is 8.04. The highest BCUT2D eigenvalue weighted by Crippen LogP contribution is 2.14. The van der Waals surface area contributed by atoms with Gasteiger partial charge in [0.2, 0.25) is 5.88 Å². The molecule has 0 bridgehead atoms. The van der Waals surface area contributed by atoms with Crippen LogP contribution in [0.5, 0.6) is 5.88 Å². The number of nitrogens with zero attached hydrogens (tertiary/aromatic N) is 2. The summed E-state index contributed by atoms with van der Waals surface area (Å²) in [7, 11) is 1.99. The van der Waals surface area contributed by atoms with E-state index in [0.717, 1.165) is 22.3 Å². The average Bonchev–Trinajstić information content (AvgIpc) is 2.59. The van der Waals surface area contributed by atoms with Crippen molar-refractivity contribution < 1.29 is 9.47 Å². The van der Waals surface area contributed by atoms with Gasteiger partial charge in [0, 0.05) is 41.8 Å². The minimum atomic E-state index is 0.251. The molecule has 1 heterocycles. The lowest BCUT2D eigenvalue weighted by Gasteiger charge is -2.30. The van der Waals surface area contributed by atoms with Crippen LogP contribution in [0.3, 0.4) is 0 Å². The summed E-state index contributed by atoms with van der Waals surface area (Å²) in [6.07, 6.45) is 9.21. The van der Waals surface area contributed by atoms with E-state index in [4.69, 9.17) is 14.9 Å². The Morgan fingerprint density at radius 1 is 1.46 bits per heavy atom. The van der Waals surface area contributed by atoms with Crippen LogP contribution < -0.4 is 4.74 Å². The Morgan fingerprint density at radius 2 is 2.25 bits per heavy atom. The summed E-state index contributed by atoms with van der Waals surface area (Å²) in [4.78, 5) is 6.26. The SMILES string of the molecule is C=C/C=C(/OCCCOc1ccc(I)cn1)N(C)C(CC)CC=N. The highest BCUT2D eigenvalue weighted by atomic mass is 127. The Bertz CT molecular complexity index is 532. The van der Waals surface area contributed by atoms with E-state index in [1.54, 1.807) is 12.3 Å². The van der Waals surface area contributed by atoms with E-state index in [2.05, 4.69) is 46.0 Å². The molecule has 1 aromatic heterocycles. The molecule has 1 N–H and O–H groups in total. The van der Waals surface area contributed by atoms with Gasteiger partial charge in [-0.1, -0.05) is 19.6 Å². The number of halogens is 1. The predicted molar refractivity (Wildman–Crippen MR) is 107 cm³/mol. The smallest absolute Gasteiger partial charge is 0.213 e. The van der Waals surface area contributed by atoms with E-state index in [-0.39, 0.29) is 6.04 Å². The molecule has 0 aliphatic rings. The maximum Gasteiger partial charge on any atom is 0.213 e. The standard InChI is InChI=1S/C18H26IN3O2/c1-4-7-18(22(3)16(5-2)10-11-20)24-13-6-12-23-17-9-8-15(19)14-21-17/h4,7-9,11,14,16,20H,1,5-6,10,12-13H2,2-3H3/b18-7+,20-11?. The molecule has 1 aromatic rings. The average molecular weight is 443 g/mol. The monoisotopic (exact) mass is 443 g/mol. The van der Waals surface area contributed by atoms with Gasteiger partial charge in [0.05, 0.1) is 13.2 Å². The van der Waals surface area contributed by atoms with Crippen LogP contribution in [0.25, 0.3) is 0 Å². The molecule has 0 spiro atoms. The lowest BCUT2D eigenvalue weighted by atomic mass is 10.1. The number of hydrogen-bond acceptors (Lipinski definition) is 5. The minimum Gasteiger partial charge on any atom is -0.479 e. The Morgan fingerprint density at radius 3 is 2.83 bits per heavy atom. The molecule has 0 aliphatic heterocycles. The third kappa shape index (κ3) is 7.33. The molecule has 1 rings (SSSR count). The number of hydrogen-bond donors (Lipinski definition) is 1. The third-order valence-electron chi connectivity index (χ3n) is 3.51. The minimum absolute atomic E-state index is 0.251. The summed E-state index contributed by atoms with van der Waals surface area (Å²) in [6.45, 7) is 6.96. The van der Waals surface area contributed by atoms with Crippen molar-refractivity contribution in [3.8, 4) is 5.88 Å². The van der Waals surface area contributed by atoms with Crippen LogP contribution in [0.4, 0.5) is 0 Å². The van der Waals surface area contributed by atoms with Crippen molar-refractivity contribution in [1.29, 1.82) is 5.41 Å². The van der Waals surface area contributed by atoms with Gasteiger partial charge < -0.3 is 19.8 Å². The normalized spacial score (nSPS) is 12.4. The molecule has 1 atom stereocenters. The fourth-order valence-electron chi connectivity index (χ4n) is 2.14. The number of ether oxygens (including phenoxy) is 2. The number of rotatable bonds is 12. The largest absolute Gasteiger partial charge is 0.479 e. The Balaban J connectivity index is 2.40. The Kier molecular flexibility index (Phi) is 10.1. The van der Waals surface area contributed by atoms with E-state index < -0.39 is 0 Å². The van der Waals surface area contributed by atoms with Crippen molar-refractivity contribution in [3.63, 3.8) is 0 Å². The summed E-state index contributed by atoms with van der Waals surface area (Å²) < 4.78 is 12.5. The number of nitrogens with one attached hydrogen (secondary N) is 1. The zero-order chi connectivity index (χ0) is 17.8. The van der Waals surface area contributed by atoms with Crippen molar-refractivity contribution in [2.75, 3.05) is 20.3 Å². The van der Waals surface area contributed by atoms with Crippen molar-refractivity contribution in [2.24, 2.45) is 0 Å². The second-order valence-corrected chi connectivity index (χ2v) is 6.46. The molecular formula is C18H26IN3O2. The first-order chi connectivity index (χ1) is 11.6. The molecule has 24 heavy (non-hydrogen) atoms. The van der Waals surface area contributed by atoms with E-state index >= 15 is 0 Å². The summed E-state index contributed by atoms with van der Waals surface area (Å²) in [5.74, 6) is 1.40. The fraction of sp³-hybridized carbons (Fsp3) is 0.444. The third-order valence-corrected chi connectivity index (χ3v) is 4.14. The summed E-state index contributed by atoms with van der Waals surface area (Å²) in [6, 6.07) is 4.08. The van der Waals surface area contributed by atoms with Crippen molar-refractivity contribution in [3.05, 3.63) is 46.5 Å². The van der Waals surface area contributed by atoms with Gasteiger partial charge in [-0.05, 0) is 47.4 Å². The molecule has 0 aromatic carbocycles. The van der Waals surface area contributed by atoms with Crippen LogP contribution in [-0.4, -0.2) is 42.4 Å². The molecular weight excluding hydrogens is 417 g/mol. The molecule has 0 fully saturated rings. The van der Waals surface area contributed by atoms with Gasteiger partial charge in [-0.25, -0.2) is 4.98 Å². The second kappa shape index (κ2) is 11.9. The van der Waals surface area contributed by atoms with Gasteiger partial charge in [-0.15, -0.1) is 0 Å². The summed E-state index contributed by atoms with van der Waals surface area (Å²) in [5, 5.41) is 7.31. The van der Waals surface area contributed by atoms with Gasteiger partial charge in [-0.3, -0.25) is 0 Å². The lowest BCUT2D eigenvalue weighted by Crippen LogP contribution is -2.32. The molecule has 0 radical (unpaired) electrons. The van der Waals surface area contributed by atoms with E-state index in [1.165, 1.54) is 6.21 Å². The quantitative estimate of drug-likeness (QED) is 0.173. The Hall–Kier alpha value is -1.57. The molecule has 1 unspecified atom stereocenters. The van der Waals surface area contributed by atoms with Crippen LogP contribution >= 0.6 is 22.6 Å². The van der Waals surface area contributed by atoms with Crippen LogP contribution in [0, 0.1) is 8.98 Å². The van der Waals surface area contributed by atoms with Gasteiger partial charge >= 0.3 is 0 Å². The first kappa shape index (κ1) is 20.5. The van der Waals surface area contributed by atoms with Crippen molar-refractivity contribution in [1.82, 2.24) is 9.88 Å². The van der Waals surface area contributed by atoms with Crippen LogP contribution in [0.1, 0.15) is 26.2 Å². The van der Waals surface area contributed by atoms with Gasteiger partial charge in [0.25, 0.3) is 0 Å². The topological polar surface area (TPSA) is 58.4 Å². The highest BCUT2D eigenvalue weighted by molar-refractivity contribution is 14.1. The first-order valence-corrected chi connectivity index (χ1v) is 9.11. The van der Waals surface area contributed by atoms with Crippen LogP contribution in [0.15, 0.2) is 42.9 Å². The van der Waals surface area contributed by atoms with Crippen LogP contribution in [0.2, 0.25) is 0 Å². The lowest BCUT2D eigenvalue weighted by molar-refractivity contribution is 0.0940. The van der Waals surface area contributed by atoms with Crippen molar-refractivity contribution in [2.45, 2.75) is 32.2 Å². The molecule has 0 saturated heterocycles. The Labute approximate surface area is 158 Å². The molecule has 0 aliphatic carbocycles. The van der Waals surface area contributed by atoms with Crippen molar-refractivity contribution >= 4 is 28.8 Å². The summed E-state index contributed by atoms with van der Waals surface area (Å²) >= 11 is 2.21. The highest BCUT2D eigenvalue weighted by Gasteiger charge is 2.15. The number of pyridine rings is 1. The summed E-state index contributed by atoms with van der Waals surface area (Å²) in [5.41, 5.74) is 0. The van der Waals surface area contributed by atoms with Gasteiger partial charge in [0.1, 0.15) is 0 Å². The predicted octanol–water partition coefficient (Wildman–Crippen LogP) is 4.25. The maximum absolute atomic E-state index is 7.31. The maximum atomic E-state index is 7.31. The molecule has 6 heteroatoms. The molecule has 0 saturated carbocycles. The zero-order valence-electron chi connectivity index (χ0n) is 14.4. The molecule has 5 nitrogen and oxygen atoms in total. The van der Waals surface area contributed by atoms with Gasteiger partial charge in [0.15, 0.2) is 5.88 Å². The number of allylic oxidation sites excluding steroid dienone is 2. The van der Waals surface area contributed by atoms with E-state index in [0.29, 0.717) is 25.5 Å². The van der Waals surface area contributed by atoms with Crippen LogP contribution in [-0.2, 0) is 4.74 Å². The fourth-order valence-corrected chi connectivity index (χ4v) is 2.46. The number of aromatic nitrogens is 1. The second-order valence-electron chi connectivity index (χ2n) is 5.22.